The first-order valence-electron chi connectivity index (χ1n) is 10.0. The Labute approximate surface area is 159 Å². The molecule has 0 aromatic heterocycles. The van der Waals surface area contributed by atoms with Crippen LogP contribution in [0.4, 0.5) is 0 Å². The summed E-state index contributed by atoms with van der Waals surface area (Å²) in [4.78, 5) is 7.28. The predicted octanol–water partition coefficient (Wildman–Crippen LogP) is 3.15. The van der Waals surface area contributed by atoms with Crippen molar-refractivity contribution in [3.8, 4) is 0 Å². The fourth-order valence-electron chi connectivity index (χ4n) is 3.32. The molecule has 0 spiro atoms. The van der Waals surface area contributed by atoms with Crippen molar-refractivity contribution in [3.05, 3.63) is 35.4 Å². The summed E-state index contributed by atoms with van der Waals surface area (Å²) in [7, 11) is 1.72. The van der Waals surface area contributed by atoms with Crippen molar-refractivity contribution in [1.29, 1.82) is 0 Å². The molecule has 0 saturated carbocycles. The second kappa shape index (κ2) is 11.9. The van der Waals surface area contributed by atoms with Crippen LogP contribution < -0.4 is 10.6 Å². The van der Waals surface area contributed by atoms with E-state index in [-0.39, 0.29) is 6.04 Å². The van der Waals surface area contributed by atoms with Gasteiger partial charge in [0, 0.05) is 26.2 Å². The van der Waals surface area contributed by atoms with Crippen LogP contribution in [0.15, 0.2) is 29.3 Å². The third kappa shape index (κ3) is 7.75. The van der Waals surface area contributed by atoms with Crippen LogP contribution in [-0.4, -0.2) is 50.3 Å². The van der Waals surface area contributed by atoms with Gasteiger partial charge in [0.1, 0.15) is 0 Å². The summed E-state index contributed by atoms with van der Waals surface area (Å²) < 4.78 is 5.18. The lowest BCUT2D eigenvalue weighted by atomic mass is 10.1. The maximum absolute atomic E-state index is 5.18. The summed E-state index contributed by atoms with van der Waals surface area (Å²) in [6.45, 7) is 9.91. The largest absolute Gasteiger partial charge is 0.383 e. The van der Waals surface area contributed by atoms with Crippen LogP contribution in [0.3, 0.4) is 0 Å². The van der Waals surface area contributed by atoms with Crippen molar-refractivity contribution < 1.29 is 4.74 Å². The molecule has 26 heavy (non-hydrogen) atoms. The summed E-state index contributed by atoms with van der Waals surface area (Å²) in [5, 5.41) is 6.66. The molecular weight excluding hydrogens is 324 g/mol. The number of nitrogens with one attached hydrogen (secondary N) is 2. The van der Waals surface area contributed by atoms with Gasteiger partial charge in [-0.3, -0.25) is 4.90 Å². The summed E-state index contributed by atoms with van der Waals surface area (Å²) in [5.74, 6) is 0.839. The zero-order valence-electron chi connectivity index (χ0n) is 16.8. The molecule has 0 bridgehead atoms. The van der Waals surface area contributed by atoms with E-state index in [1.165, 1.54) is 49.9 Å². The Morgan fingerprint density at radius 1 is 1.12 bits per heavy atom. The number of nitrogens with zero attached hydrogens (tertiary/aromatic N) is 2. The van der Waals surface area contributed by atoms with Crippen LogP contribution in [0.25, 0.3) is 0 Å². The normalized spacial score (nSPS) is 17.6. The smallest absolute Gasteiger partial charge is 0.191 e. The predicted molar refractivity (Wildman–Crippen MR) is 109 cm³/mol. The number of ether oxygens (including phenoxy) is 1. The number of hydrogen-bond acceptors (Lipinski definition) is 3. The van der Waals surface area contributed by atoms with Gasteiger partial charge in [0.15, 0.2) is 5.96 Å². The molecule has 1 saturated heterocycles. The SMILES string of the molecule is CCNC(=NCc1ccc(CN2CCCCCC2)cc1)NC(C)COC. The molecule has 2 rings (SSSR count). The zero-order valence-corrected chi connectivity index (χ0v) is 16.8. The first-order valence-corrected chi connectivity index (χ1v) is 10.0. The minimum absolute atomic E-state index is 0.230. The van der Waals surface area contributed by atoms with E-state index in [0.29, 0.717) is 13.2 Å². The fourth-order valence-corrected chi connectivity index (χ4v) is 3.32. The van der Waals surface area contributed by atoms with Gasteiger partial charge in [-0.05, 0) is 50.9 Å². The molecule has 1 aromatic carbocycles. The standard InChI is InChI=1S/C21H36N4O/c1-4-22-21(24-18(2)17-26-3)23-15-19-9-11-20(12-10-19)16-25-13-7-5-6-8-14-25/h9-12,18H,4-8,13-17H2,1-3H3,(H2,22,23,24). The quantitative estimate of drug-likeness (QED) is 0.552. The number of aliphatic imine (C=N–C) groups is 1. The Morgan fingerprint density at radius 2 is 1.77 bits per heavy atom. The minimum atomic E-state index is 0.230. The van der Waals surface area contributed by atoms with E-state index in [9.17, 15) is 0 Å². The molecular formula is C21H36N4O. The molecule has 5 nitrogen and oxygen atoms in total. The lowest BCUT2D eigenvalue weighted by Gasteiger charge is -2.19. The molecule has 2 N–H and O–H groups in total. The summed E-state index contributed by atoms with van der Waals surface area (Å²) in [6.07, 6.45) is 5.46. The van der Waals surface area contributed by atoms with Crippen molar-refractivity contribution >= 4 is 5.96 Å². The fraction of sp³-hybridized carbons (Fsp3) is 0.667. The first kappa shape index (κ1) is 20.7. The molecule has 1 aliphatic heterocycles. The Kier molecular flexibility index (Phi) is 9.50. The molecule has 1 aromatic rings. The molecule has 146 valence electrons. The summed E-state index contributed by atoms with van der Waals surface area (Å²) in [6, 6.07) is 9.15. The van der Waals surface area contributed by atoms with Gasteiger partial charge in [0.25, 0.3) is 0 Å². The highest BCUT2D eigenvalue weighted by Crippen LogP contribution is 2.14. The highest BCUT2D eigenvalue weighted by atomic mass is 16.5. The number of likely N-dealkylation sites (tertiary alicyclic amines) is 1. The summed E-state index contributed by atoms with van der Waals surface area (Å²) >= 11 is 0. The average Bonchev–Trinajstić information content (AvgIpc) is 2.90. The number of benzene rings is 1. The van der Waals surface area contributed by atoms with Gasteiger partial charge in [-0.25, -0.2) is 4.99 Å². The maximum Gasteiger partial charge on any atom is 0.191 e. The minimum Gasteiger partial charge on any atom is -0.383 e. The van der Waals surface area contributed by atoms with Crippen LogP contribution in [0.2, 0.25) is 0 Å². The van der Waals surface area contributed by atoms with Crippen LogP contribution >= 0.6 is 0 Å². The van der Waals surface area contributed by atoms with Gasteiger partial charge in [0.05, 0.1) is 13.2 Å². The molecule has 0 amide bonds. The van der Waals surface area contributed by atoms with E-state index in [1.54, 1.807) is 7.11 Å². The topological polar surface area (TPSA) is 48.9 Å². The van der Waals surface area contributed by atoms with Gasteiger partial charge < -0.3 is 15.4 Å². The van der Waals surface area contributed by atoms with Gasteiger partial charge >= 0.3 is 0 Å². The van der Waals surface area contributed by atoms with Crippen molar-refractivity contribution in [1.82, 2.24) is 15.5 Å². The van der Waals surface area contributed by atoms with E-state index >= 15 is 0 Å². The highest BCUT2D eigenvalue weighted by molar-refractivity contribution is 5.80. The number of guanidine groups is 1. The lowest BCUT2D eigenvalue weighted by Crippen LogP contribution is -2.43. The Morgan fingerprint density at radius 3 is 2.38 bits per heavy atom. The van der Waals surface area contributed by atoms with Crippen molar-refractivity contribution in [2.75, 3.05) is 33.4 Å². The highest BCUT2D eigenvalue weighted by Gasteiger charge is 2.09. The Hall–Kier alpha value is -1.59. The Balaban J connectivity index is 1.87. The average molecular weight is 361 g/mol. The number of hydrogen-bond donors (Lipinski definition) is 2. The van der Waals surface area contributed by atoms with Gasteiger partial charge in [0.2, 0.25) is 0 Å². The lowest BCUT2D eigenvalue weighted by molar-refractivity contribution is 0.179. The van der Waals surface area contributed by atoms with E-state index in [1.807, 2.05) is 0 Å². The number of methoxy groups -OCH3 is 1. The molecule has 1 fully saturated rings. The molecule has 1 atom stereocenters. The third-order valence-electron chi connectivity index (χ3n) is 4.69. The second-order valence-corrected chi connectivity index (χ2v) is 7.20. The van der Waals surface area contributed by atoms with E-state index in [0.717, 1.165) is 19.0 Å². The van der Waals surface area contributed by atoms with Crippen molar-refractivity contribution in [3.63, 3.8) is 0 Å². The van der Waals surface area contributed by atoms with Gasteiger partial charge in [-0.1, -0.05) is 37.1 Å². The van der Waals surface area contributed by atoms with Crippen molar-refractivity contribution in [2.24, 2.45) is 4.99 Å². The molecule has 1 heterocycles. The van der Waals surface area contributed by atoms with Crippen LogP contribution in [0.5, 0.6) is 0 Å². The van der Waals surface area contributed by atoms with Gasteiger partial charge in [-0.2, -0.15) is 0 Å². The molecule has 0 aliphatic carbocycles. The molecule has 1 unspecified atom stereocenters. The van der Waals surface area contributed by atoms with Crippen molar-refractivity contribution in [2.45, 2.75) is 58.7 Å². The molecule has 5 heteroatoms. The summed E-state index contributed by atoms with van der Waals surface area (Å²) in [5.41, 5.74) is 2.64. The van der Waals surface area contributed by atoms with Gasteiger partial charge in [-0.15, -0.1) is 0 Å². The van der Waals surface area contributed by atoms with Crippen LogP contribution in [0, 0.1) is 0 Å². The Bertz CT molecular complexity index is 521. The first-order chi connectivity index (χ1) is 12.7. The van der Waals surface area contributed by atoms with Crippen LogP contribution in [-0.2, 0) is 17.8 Å². The third-order valence-corrected chi connectivity index (χ3v) is 4.69. The maximum atomic E-state index is 5.18. The van der Waals surface area contributed by atoms with E-state index in [2.05, 4.69) is 53.6 Å². The number of rotatable bonds is 8. The monoisotopic (exact) mass is 360 g/mol. The van der Waals surface area contributed by atoms with Crippen LogP contribution in [0.1, 0.15) is 50.7 Å². The van der Waals surface area contributed by atoms with E-state index < -0.39 is 0 Å². The molecule has 0 radical (unpaired) electrons. The second-order valence-electron chi connectivity index (χ2n) is 7.20. The molecule has 1 aliphatic rings. The zero-order chi connectivity index (χ0) is 18.6. The van der Waals surface area contributed by atoms with E-state index in [4.69, 9.17) is 9.73 Å².